The number of likely N-dealkylation sites (tertiary alicyclic amines) is 1. The molecular weight excluding hydrogens is 216 g/mol. The smallest absolute Gasteiger partial charge is 0.240 e. The maximum absolute atomic E-state index is 5.29. The predicted octanol–water partition coefficient (Wildman–Crippen LogP) is 0.844. The van der Waals surface area contributed by atoms with E-state index in [-0.39, 0.29) is 0 Å². The molecule has 0 aromatic carbocycles. The topological polar surface area (TPSA) is 54.2 Å². The maximum Gasteiger partial charge on any atom is 0.240 e. The van der Waals surface area contributed by atoms with E-state index in [9.17, 15) is 0 Å². The zero-order valence-corrected chi connectivity index (χ0v) is 10.5. The summed E-state index contributed by atoms with van der Waals surface area (Å²) in [6.45, 7) is 9.65. The van der Waals surface area contributed by atoms with Gasteiger partial charge in [0.25, 0.3) is 0 Å². The van der Waals surface area contributed by atoms with Gasteiger partial charge in [-0.15, -0.1) is 0 Å². The van der Waals surface area contributed by atoms with E-state index < -0.39 is 0 Å². The van der Waals surface area contributed by atoms with Crippen LogP contribution in [0.4, 0.5) is 0 Å². The quantitative estimate of drug-likeness (QED) is 0.843. The molecule has 3 heterocycles. The van der Waals surface area contributed by atoms with Crippen LogP contribution in [0.2, 0.25) is 0 Å². The molecule has 2 atom stereocenters. The third-order valence-corrected chi connectivity index (χ3v) is 3.82. The van der Waals surface area contributed by atoms with E-state index >= 15 is 0 Å². The van der Waals surface area contributed by atoms with Gasteiger partial charge in [-0.25, -0.2) is 0 Å². The average molecular weight is 236 g/mol. The Morgan fingerprint density at radius 3 is 2.65 bits per heavy atom. The molecule has 3 rings (SSSR count). The number of rotatable bonds is 3. The van der Waals surface area contributed by atoms with Crippen molar-refractivity contribution in [2.75, 3.05) is 26.2 Å². The van der Waals surface area contributed by atoms with Gasteiger partial charge in [0.05, 0.1) is 6.54 Å². The van der Waals surface area contributed by atoms with Gasteiger partial charge >= 0.3 is 0 Å². The highest BCUT2D eigenvalue weighted by atomic mass is 16.5. The third kappa shape index (κ3) is 2.21. The molecule has 0 bridgehead atoms. The van der Waals surface area contributed by atoms with Gasteiger partial charge in [0.1, 0.15) is 0 Å². The Kier molecular flexibility index (Phi) is 2.88. The summed E-state index contributed by atoms with van der Waals surface area (Å²) in [5.41, 5.74) is 0. The molecule has 2 fully saturated rings. The Hall–Kier alpha value is -0.940. The minimum Gasteiger partial charge on any atom is -0.338 e. The highest BCUT2D eigenvalue weighted by Gasteiger charge is 2.36. The fraction of sp³-hybridized carbons (Fsp3) is 0.833. The lowest BCUT2D eigenvalue weighted by atomic mass is 10.0. The van der Waals surface area contributed by atoms with E-state index in [1.165, 1.54) is 13.1 Å². The molecule has 5 heteroatoms. The molecule has 17 heavy (non-hydrogen) atoms. The van der Waals surface area contributed by atoms with Crippen molar-refractivity contribution in [2.24, 2.45) is 11.8 Å². The summed E-state index contributed by atoms with van der Waals surface area (Å²) in [6.07, 6.45) is 0. The van der Waals surface area contributed by atoms with Gasteiger partial charge in [-0.3, -0.25) is 4.90 Å². The molecule has 2 aliphatic heterocycles. The predicted molar refractivity (Wildman–Crippen MR) is 63.5 cm³/mol. The Morgan fingerprint density at radius 1 is 1.35 bits per heavy atom. The fourth-order valence-corrected chi connectivity index (χ4v) is 2.84. The van der Waals surface area contributed by atoms with Crippen LogP contribution in [0.25, 0.3) is 0 Å². The lowest BCUT2D eigenvalue weighted by molar-refractivity contribution is 0.253. The van der Waals surface area contributed by atoms with E-state index in [2.05, 4.69) is 34.2 Å². The maximum atomic E-state index is 5.29. The summed E-state index contributed by atoms with van der Waals surface area (Å²) < 4.78 is 5.29. The standard InChI is InChI=1S/C12H20N4O/c1-8(2)12-14-11(17-15-12)7-16-5-9-3-13-4-10(9)6-16/h8-10,13H,3-7H2,1-2H3. The first-order valence-electron chi connectivity index (χ1n) is 6.48. The molecular formula is C12H20N4O. The number of fused-ring (bicyclic) bond motifs is 1. The van der Waals surface area contributed by atoms with Crippen LogP contribution >= 0.6 is 0 Å². The fourth-order valence-electron chi connectivity index (χ4n) is 2.84. The van der Waals surface area contributed by atoms with Crippen LogP contribution in [0.5, 0.6) is 0 Å². The Balaban J connectivity index is 1.60. The highest BCUT2D eigenvalue weighted by Crippen LogP contribution is 2.27. The SMILES string of the molecule is CC(C)c1noc(CN2CC3CNCC3C2)n1. The van der Waals surface area contributed by atoms with E-state index in [0.29, 0.717) is 5.92 Å². The van der Waals surface area contributed by atoms with E-state index in [0.717, 1.165) is 43.2 Å². The lowest BCUT2D eigenvalue weighted by Crippen LogP contribution is -2.25. The normalized spacial score (nSPS) is 29.1. The van der Waals surface area contributed by atoms with Crippen molar-refractivity contribution in [1.29, 1.82) is 0 Å². The summed E-state index contributed by atoms with van der Waals surface area (Å²) in [7, 11) is 0. The first-order valence-corrected chi connectivity index (χ1v) is 6.48. The zero-order valence-electron chi connectivity index (χ0n) is 10.5. The molecule has 0 amide bonds. The van der Waals surface area contributed by atoms with Crippen LogP contribution < -0.4 is 5.32 Å². The Bertz CT molecular complexity index is 378. The Morgan fingerprint density at radius 2 is 2.06 bits per heavy atom. The molecule has 2 aliphatic rings. The van der Waals surface area contributed by atoms with Gasteiger partial charge in [0, 0.05) is 19.0 Å². The summed E-state index contributed by atoms with van der Waals surface area (Å²) in [5.74, 6) is 3.57. The average Bonchev–Trinajstić information content (AvgIpc) is 2.91. The van der Waals surface area contributed by atoms with Crippen LogP contribution in [-0.4, -0.2) is 41.2 Å². The first kappa shape index (κ1) is 11.2. The molecule has 1 aromatic rings. The number of hydrogen-bond donors (Lipinski definition) is 1. The van der Waals surface area contributed by atoms with Crippen molar-refractivity contribution in [2.45, 2.75) is 26.3 Å². The zero-order chi connectivity index (χ0) is 11.8. The lowest BCUT2D eigenvalue weighted by Gasteiger charge is -2.13. The van der Waals surface area contributed by atoms with E-state index in [4.69, 9.17) is 4.52 Å². The third-order valence-electron chi connectivity index (χ3n) is 3.82. The van der Waals surface area contributed by atoms with Crippen LogP contribution in [-0.2, 0) is 6.54 Å². The summed E-state index contributed by atoms with van der Waals surface area (Å²) in [4.78, 5) is 6.87. The van der Waals surface area contributed by atoms with Crippen molar-refractivity contribution in [3.05, 3.63) is 11.7 Å². The summed E-state index contributed by atoms with van der Waals surface area (Å²) in [5, 5.41) is 7.45. The molecule has 0 aliphatic carbocycles. The monoisotopic (exact) mass is 236 g/mol. The van der Waals surface area contributed by atoms with Crippen molar-refractivity contribution in [3.63, 3.8) is 0 Å². The Labute approximate surface area is 102 Å². The molecule has 0 spiro atoms. The molecule has 0 radical (unpaired) electrons. The molecule has 2 unspecified atom stereocenters. The second-order valence-electron chi connectivity index (χ2n) is 5.57. The van der Waals surface area contributed by atoms with Crippen LogP contribution in [0.3, 0.4) is 0 Å². The van der Waals surface area contributed by atoms with Gasteiger partial charge in [0.15, 0.2) is 5.82 Å². The van der Waals surface area contributed by atoms with Gasteiger partial charge in [-0.05, 0) is 24.9 Å². The van der Waals surface area contributed by atoms with Crippen molar-refractivity contribution in [1.82, 2.24) is 20.4 Å². The van der Waals surface area contributed by atoms with E-state index in [1.54, 1.807) is 0 Å². The number of hydrogen-bond acceptors (Lipinski definition) is 5. The second-order valence-corrected chi connectivity index (χ2v) is 5.57. The van der Waals surface area contributed by atoms with Crippen LogP contribution in [0.1, 0.15) is 31.5 Å². The summed E-state index contributed by atoms with van der Waals surface area (Å²) >= 11 is 0. The molecule has 5 nitrogen and oxygen atoms in total. The van der Waals surface area contributed by atoms with Gasteiger partial charge < -0.3 is 9.84 Å². The number of nitrogens with one attached hydrogen (secondary N) is 1. The van der Waals surface area contributed by atoms with Gasteiger partial charge in [0.2, 0.25) is 5.89 Å². The number of aromatic nitrogens is 2. The molecule has 1 aromatic heterocycles. The van der Waals surface area contributed by atoms with Crippen LogP contribution in [0.15, 0.2) is 4.52 Å². The highest BCUT2D eigenvalue weighted by molar-refractivity contribution is 4.95. The van der Waals surface area contributed by atoms with Crippen molar-refractivity contribution < 1.29 is 4.52 Å². The van der Waals surface area contributed by atoms with Crippen molar-refractivity contribution in [3.8, 4) is 0 Å². The first-order chi connectivity index (χ1) is 8.22. The van der Waals surface area contributed by atoms with Gasteiger partial charge in [-0.1, -0.05) is 19.0 Å². The van der Waals surface area contributed by atoms with Crippen molar-refractivity contribution >= 4 is 0 Å². The van der Waals surface area contributed by atoms with E-state index in [1.807, 2.05) is 0 Å². The second kappa shape index (κ2) is 4.38. The van der Waals surface area contributed by atoms with Gasteiger partial charge in [-0.2, -0.15) is 4.98 Å². The number of nitrogens with zero attached hydrogens (tertiary/aromatic N) is 3. The molecule has 1 N–H and O–H groups in total. The minimum atomic E-state index is 0.342. The van der Waals surface area contributed by atoms with Crippen LogP contribution in [0, 0.1) is 11.8 Å². The molecule has 94 valence electrons. The molecule has 2 saturated heterocycles. The largest absolute Gasteiger partial charge is 0.338 e. The minimum absolute atomic E-state index is 0.342. The summed E-state index contributed by atoms with van der Waals surface area (Å²) in [6, 6.07) is 0. The molecule has 0 saturated carbocycles.